The fraction of sp³-hybridized carbons (Fsp3) is 0.455. The number of hydrogen-bond acceptors (Lipinski definition) is 4. The average molecular weight is 445 g/mol. The molecule has 7 heteroatoms. The van der Waals surface area contributed by atoms with Crippen LogP contribution in [0.15, 0.2) is 47.4 Å². The number of unbranched alkanes of at least 4 members (excludes halogenated alkanes) is 7. The van der Waals surface area contributed by atoms with Gasteiger partial charge in [-0.15, -0.1) is 0 Å². The second-order valence-corrected chi connectivity index (χ2v) is 8.48. The molecule has 0 amide bonds. The van der Waals surface area contributed by atoms with Crippen molar-refractivity contribution >= 4 is 10.1 Å². The molecular weight excluding hydrogens is 415 g/mol. The maximum atomic E-state index is 12.0. The molecule has 5 nitrogen and oxygen atoms in total. The van der Waals surface area contributed by atoms with E-state index in [4.69, 9.17) is 9.29 Å². The molecule has 0 aliphatic carbocycles. The maximum absolute atomic E-state index is 12.0. The van der Waals surface area contributed by atoms with Crippen LogP contribution >= 0.6 is 0 Å². The van der Waals surface area contributed by atoms with Crippen molar-refractivity contribution in [1.82, 2.24) is 0 Å². The molecule has 2 rings (SSSR count). The van der Waals surface area contributed by atoms with E-state index in [0.29, 0.717) is 5.75 Å². The Morgan fingerprint density at radius 3 is 2.07 bits per heavy atom. The number of benzene rings is 2. The third-order valence-electron chi connectivity index (χ3n) is 4.68. The van der Waals surface area contributed by atoms with Gasteiger partial charge in [0.2, 0.25) is 0 Å². The van der Waals surface area contributed by atoms with Crippen molar-refractivity contribution in [2.24, 2.45) is 0 Å². The predicted molar refractivity (Wildman–Crippen MR) is 109 cm³/mol. The normalized spacial score (nSPS) is 11.1. The molecule has 0 aromatic heterocycles. The molecule has 154 valence electrons. The van der Waals surface area contributed by atoms with E-state index < -0.39 is 10.1 Å². The van der Waals surface area contributed by atoms with Crippen LogP contribution in [-0.2, 0) is 16.5 Å². The standard InChI is InChI=1S/C22H30O5S.K/c1-2-3-4-5-6-7-8-9-10-18-11-16-21(23)22(17-18)27-19-12-14-20(15-13-19)28(24,25)26;/h11-17,23H,2-10H2,1H3,(H,24,25,26);/q;+1/p-1. The maximum Gasteiger partial charge on any atom is 1.00 e. The molecule has 0 radical (unpaired) electrons. The Balaban J connectivity index is 0.00000420. The molecule has 0 spiro atoms. The molecule has 29 heavy (non-hydrogen) atoms. The first-order chi connectivity index (χ1) is 13.4. The van der Waals surface area contributed by atoms with E-state index in [1.165, 1.54) is 75.3 Å². The minimum atomic E-state index is -4.25. The van der Waals surface area contributed by atoms with Gasteiger partial charge in [-0.1, -0.05) is 69.8 Å². The Hall–Kier alpha value is -0.414. The number of aryl methyl sites for hydroxylation is 1. The van der Waals surface area contributed by atoms with E-state index >= 15 is 0 Å². The van der Waals surface area contributed by atoms with Crippen LogP contribution < -0.4 is 61.2 Å². The molecule has 0 heterocycles. The Morgan fingerprint density at radius 1 is 0.897 bits per heavy atom. The second-order valence-electron chi connectivity index (χ2n) is 7.05. The minimum Gasteiger partial charge on any atom is -0.870 e. The Labute approximate surface area is 217 Å². The fourth-order valence-electron chi connectivity index (χ4n) is 3.06. The van der Waals surface area contributed by atoms with Crippen LogP contribution in [0.2, 0.25) is 0 Å². The van der Waals surface area contributed by atoms with Gasteiger partial charge in [-0.3, -0.25) is 4.55 Å². The van der Waals surface area contributed by atoms with Gasteiger partial charge in [0.15, 0.2) is 0 Å². The number of ether oxygens (including phenoxy) is 1. The SMILES string of the molecule is CCCCCCCCCCc1ccc([O-])c(Oc2ccc(S(=O)(=O)O)cc2)c1.[K+]. The molecule has 2 aromatic carbocycles. The van der Waals surface area contributed by atoms with Crippen LogP contribution in [0.3, 0.4) is 0 Å². The van der Waals surface area contributed by atoms with Crippen LogP contribution in [-0.4, -0.2) is 13.0 Å². The Bertz CT molecular complexity index is 835. The summed E-state index contributed by atoms with van der Waals surface area (Å²) in [5.41, 5.74) is 1.05. The summed E-state index contributed by atoms with van der Waals surface area (Å²) >= 11 is 0. The van der Waals surface area contributed by atoms with Crippen LogP contribution in [0.4, 0.5) is 0 Å². The first kappa shape index (κ1) is 26.6. The van der Waals surface area contributed by atoms with Crippen molar-refractivity contribution in [2.45, 2.75) is 69.6 Å². The zero-order valence-corrected chi connectivity index (χ0v) is 21.3. The van der Waals surface area contributed by atoms with Gasteiger partial charge in [-0.2, -0.15) is 8.42 Å². The van der Waals surface area contributed by atoms with Gasteiger partial charge >= 0.3 is 51.4 Å². The summed E-state index contributed by atoms with van der Waals surface area (Å²) in [5.74, 6) is 0.337. The molecule has 0 saturated heterocycles. The first-order valence-electron chi connectivity index (χ1n) is 9.95. The third-order valence-corrected chi connectivity index (χ3v) is 5.54. The molecule has 2 aromatic rings. The van der Waals surface area contributed by atoms with Gasteiger partial charge in [0.25, 0.3) is 10.1 Å². The summed E-state index contributed by atoms with van der Waals surface area (Å²) < 4.78 is 36.8. The van der Waals surface area contributed by atoms with Crippen molar-refractivity contribution in [3.05, 3.63) is 48.0 Å². The van der Waals surface area contributed by atoms with E-state index in [1.807, 2.05) is 6.07 Å². The van der Waals surface area contributed by atoms with E-state index in [9.17, 15) is 13.5 Å². The summed E-state index contributed by atoms with van der Waals surface area (Å²) in [4.78, 5) is -0.217. The zero-order chi connectivity index (χ0) is 20.4. The molecule has 0 saturated carbocycles. The quantitative estimate of drug-likeness (QED) is 0.309. The molecule has 0 bridgehead atoms. The number of hydrogen-bond donors (Lipinski definition) is 1. The number of rotatable bonds is 12. The smallest absolute Gasteiger partial charge is 0.870 e. The van der Waals surface area contributed by atoms with Gasteiger partial charge in [-0.25, -0.2) is 0 Å². The van der Waals surface area contributed by atoms with Gasteiger partial charge in [0.05, 0.1) is 4.90 Å². The van der Waals surface area contributed by atoms with E-state index in [2.05, 4.69) is 6.92 Å². The minimum absolute atomic E-state index is 0. The van der Waals surface area contributed by atoms with Crippen molar-refractivity contribution < 1.29 is 74.2 Å². The van der Waals surface area contributed by atoms with Crippen molar-refractivity contribution in [2.75, 3.05) is 0 Å². The van der Waals surface area contributed by atoms with Crippen molar-refractivity contribution in [1.29, 1.82) is 0 Å². The summed E-state index contributed by atoms with van der Waals surface area (Å²) in [6.07, 6.45) is 10.9. The van der Waals surface area contributed by atoms with E-state index in [-0.39, 0.29) is 67.8 Å². The van der Waals surface area contributed by atoms with Gasteiger partial charge < -0.3 is 9.84 Å². The summed E-state index contributed by atoms with van der Waals surface area (Å²) in [6, 6.07) is 10.4. The Morgan fingerprint density at radius 2 is 1.48 bits per heavy atom. The predicted octanol–water partition coefficient (Wildman–Crippen LogP) is 2.49. The largest absolute Gasteiger partial charge is 1.00 e. The monoisotopic (exact) mass is 444 g/mol. The molecule has 0 fully saturated rings. The molecule has 0 unspecified atom stereocenters. The van der Waals surface area contributed by atoms with E-state index in [1.54, 1.807) is 6.07 Å². The molecular formula is C22H29KO5S. The van der Waals surface area contributed by atoms with E-state index in [0.717, 1.165) is 18.4 Å². The van der Waals surface area contributed by atoms with Crippen LogP contribution in [0.1, 0.15) is 63.9 Å². The van der Waals surface area contributed by atoms with Crippen LogP contribution in [0, 0.1) is 0 Å². The van der Waals surface area contributed by atoms with Crippen LogP contribution in [0.5, 0.6) is 17.2 Å². The summed E-state index contributed by atoms with van der Waals surface area (Å²) in [7, 11) is -4.25. The average Bonchev–Trinajstić information content (AvgIpc) is 2.66. The molecule has 0 aliphatic rings. The summed E-state index contributed by atoms with van der Waals surface area (Å²) in [5, 5.41) is 12.0. The zero-order valence-electron chi connectivity index (χ0n) is 17.4. The van der Waals surface area contributed by atoms with Crippen LogP contribution in [0.25, 0.3) is 0 Å². The van der Waals surface area contributed by atoms with Gasteiger partial charge in [0.1, 0.15) is 11.5 Å². The fourth-order valence-corrected chi connectivity index (χ4v) is 3.54. The molecule has 0 aliphatic heterocycles. The second kappa shape index (κ2) is 13.8. The van der Waals surface area contributed by atoms with Crippen molar-refractivity contribution in [3.63, 3.8) is 0 Å². The molecule has 1 N–H and O–H groups in total. The molecule has 0 atom stereocenters. The first-order valence-corrected chi connectivity index (χ1v) is 11.4. The van der Waals surface area contributed by atoms with Crippen molar-refractivity contribution in [3.8, 4) is 17.2 Å². The summed E-state index contributed by atoms with van der Waals surface area (Å²) in [6.45, 7) is 2.22. The van der Waals surface area contributed by atoms with Gasteiger partial charge in [-0.05, 0) is 48.7 Å². The third kappa shape index (κ3) is 9.96. The Kier molecular flexibility index (Phi) is 12.7. The van der Waals surface area contributed by atoms with Gasteiger partial charge in [0, 0.05) is 0 Å². The topological polar surface area (TPSA) is 86.7 Å².